The molecule has 1 atom stereocenters. The monoisotopic (exact) mass is 441 g/mol. The number of esters is 2. The third kappa shape index (κ3) is 4.67. The van der Waals surface area contributed by atoms with Crippen molar-refractivity contribution in [2.24, 2.45) is 0 Å². The quantitative estimate of drug-likeness (QED) is 0.520. The highest BCUT2D eigenvalue weighted by Crippen LogP contribution is 2.40. The maximum atomic E-state index is 13.4. The van der Waals surface area contributed by atoms with E-state index in [1.165, 1.54) is 0 Å². The number of ether oxygens (including phenoxy) is 2. The van der Waals surface area contributed by atoms with Crippen LogP contribution in [0, 0.1) is 0 Å². The van der Waals surface area contributed by atoms with Crippen molar-refractivity contribution >= 4 is 22.7 Å². The molecule has 4 rings (SSSR count). The van der Waals surface area contributed by atoms with Crippen LogP contribution < -0.4 is 5.32 Å². The molecule has 0 saturated heterocycles. The molecule has 5 heteroatoms. The molecule has 1 aliphatic heterocycles. The molecule has 168 valence electrons. The first-order chi connectivity index (χ1) is 16.0. The van der Waals surface area contributed by atoms with Gasteiger partial charge in [-0.1, -0.05) is 72.8 Å². The molecule has 0 spiro atoms. The van der Waals surface area contributed by atoms with Gasteiger partial charge in [-0.25, -0.2) is 9.59 Å². The second kappa shape index (κ2) is 9.74. The van der Waals surface area contributed by atoms with Gasteiger partial charge in [-0.05, 0) is 42.7 Å². The summed E-state index contributed by atoms with van der Waals surface area (Å²) in [4.78, 5) is 26.4. The Morgan fingerprint density at radius 1 is 0.788 bits per heavy atom. The average Bonchev–Trinajstić information content (AvgIpc) is 2.82. The number of rotatable bonds is 6. The molecule has 33 heavy (non-hydrogen) atoms. The number of carbonyl (C=O) groups excluding carboxylic acids is 2. The van der Waals surface area contributed by atoms with Crippen molar-refractivity contribution in [3.63, 3.8) is 0 Å². The number of nitrogens with one attached hydrogen (secondary N) is 1. The standard InChI is InChI=1S/C28H27NO4/c1-4-32-27(30)24-18(2)29-19(3)25(28(31)33-17-20-10-6-5-7-11-20)26(24)23-15-14-21-12-8-9-13-22(21)16-23/h5-16,26,29H,4,17H2,1-3H3. The summed E-state index contributed by atoms with van der Waals surface area (Å²) >= 11 is 0. The van der Waals surface area contributed by atoms with Crippen LogP contribution in [-0.4, -0.2) is 18.5 Å². The summed E-state index contributed by atoms with van der Waals surface area (Å²) in [6.45, 7) is 5.83. The van der Waals surface area contributed by atoms with E-state index in [0.29, 0.717) is 22.5 Å². The van der Waals surface area contributed by atoms with Gasteiger partial charge in [0.1, 0.15) is 6.61 Å². The maximum Gasteiger partial charge on any atom is 0.337 e. The molecule has 0 aliphatic carbocycles. The summed E-state index contributed by atoms with van der Waals surface area (Å²) in [5.41, 5.74) is 3.90. The van der Waals surface area contributed by atoms with E-state index in [1.54, 1.807) is 6.92 Å². The van der Waals surface area contributed by atoms with Crippen LogP contribution in [0.1, 0.15) is 37.8 Å². The number of allylic oxidation sites excluding steroid dienone is 2. The SMILES string of the molecule is CCOC(=O)C1=C(C)NC(C)=C(C(=O)OCc2ccccc2)C1c1ccc2ccccc2c1. The first-order valence-corrected chi connectivity index (χ1v) is 11.0. The second-order valence-corrected chi connectivity index (χ2v) is 8.02. The molecular weight excluding hydrogens is 414 g/mol. The summed E-state index contributed by atoms with van der Waals surface area (Å²) in [6, 6.07) is 23.5. The van der Waals surface area contributed by atoms with E-state index in [9.17, 15) is 9.59 Å². The Bertz CT molecular complexity index is 1260. The van der Waals surface area contributed by atoms with Gasteiger partial charge in [0.05, 0.1) is 23.7 Å². The Morgan fingerprint density at radius 2 is 1.39 bits per heavy atom. The zero-order chi connectivity index (χ0) is 23.4. The molecule has 3 aromatic rings. The topological polar surface area (TPSA) is 64.6 Å². The minimum Gasteiger partial charge on any atom is -0.463 e. The Balaban J connectivity index is 1.77. The average molecular weight is 442 g/mol. The van der Waals surface area contributed by atoms with E-state index in [1.807, 2.05) is 86.6 Å². The highest BCUT2D eigenvalue weighted by Gasteiger charge is 2.38. The number of carbonyl (C=O) groups is 2. The van der Waals surface area contributed by atoms with Gasteiger partial charge in [-0.2, -0.15) is 0 Å². The zero-order valence-corrected chi connectivity index (χ0v) is 19.1. The molecule has 0 radical (unpaired) electrons. The van der Waals surface area contributed by atoms with Crippen molar-refractivity contribution < 1.29 is 19.1 Å². The van der Waals surface area contributed by atoms with Crippen LogP contribution in [0.3, 0.4) is 0 Å². The van der Waals surface area contributed by atoms with Gasteiger partial charge < -0.3 is 14.8 Å². The highest BCUT2D eigenvalue weighted by atomic mass is 16.5. The van der Waals surface area contributed by atoms with E-state index < -0.39 is 17.9 Å². The lowest BCUT2D eigenvalue weighted by Crippen LogP contribution is -2.32. The van der Waals surface area contributed by atoms with Crippen molar-refractivity contribution in [3.05, 3.63) is 106 Å². The summed E-state index contributed by atoms with van der Waals surface area (Å²) in [7, 11) is 0. The molecule has 0 amide bonds. The van der Waals surface area contributed by atoms with Crippen molar-refractivity contribution in [1.82, 2.24) is 5.32 Å². The Labute approximate surface area is 193 Å². The number of fused-ring (bicyclic) bond motifs is 1. The lowest BCUT2D eigenvalue weighted by atomic mass is 9.80. The maximum absolute atomic E-state index is 13.4. The predicted octanol–water partition coefficient (Wildman–Crippen LogP) is 5.38. The lowest BCUT2D eigenvalue weighted by Gasteiger charge is -2.30. The highest BCUT2D eigenvalue weighted by molar-refractivity contribution is 6.00. The van der Waals surface area contributed by atoms with Crippen LogP contribution in [0.15, 0.2) is 95.3 Å². The summed E-state index contributed by atoms with van der Waals surface area (Å²) in [5, 5.41) is 5.31. The normalized spacial score (nSPS) is 15.9. The van der Waals surface area contributed by atoms with E-state index in [2.05, 4.69) is 5.32 Å². The zero-order valence-electron chi connectivity index (χ0n) is 19.1. The molecule has 3 aromatic carbocycles. The Morgan fingerprint density at radius 3 is 2.06 bits per heavy atom. The smallest absolute Gasteiger partial charge is 0.337 e. The van der Waals surface area contributed by atoms with Gasteiger partial charge in [-0.3, -0.25) is 0 Å². The summed E-state index contributed by atoms with van der Waals surface area (Å²) in [6.07, 6.45) is 0. The van der Waals surface area contributed by atoms with Crippen molar-refractivity contribution in [1.29, 1.82) is 0 Å². The number of benzene rings is 3. The number of dihydropyridines is 1. The first kappa shape index (κ1) is 22.3. The van der Waals surface area contributed by atoms with Crippen LogP contribution in [0.4, 0.5) is 0 Å². The second-order valence-electron chi connectivity index (χ2n) is 8.02. The molecule has 0 saturated carbocycles. The molecule has 1 aliphatic rings. The first-order valence-electron chi connectivity index (χ1n) is 11.0. The minimum absolute atomic E-state index is 0.151. The Kier molecular flexibility index (Phi) is 6.59. The molecule has 1 N–H and O–H groups in total. The van der Waals surface area contributed by atoms with Crippen LogP contribution in [-0.2, 0) is 25.7 Å². The van der Waals surface area contributed by atoms with Gasteiger partial charge in [-0.15, -0.1) is 0 Å². The van der Waals surface area contributed by atoms with Crippen molar-refractivity contribution in [3.8, 4) is 0 Å². The molecular formula is C28H27NO4. The lowest BCUT2D eigenvalue weighted by molar-refractivity contribution is -0.140. The number of hydrogen-bond acceptors (Lipinski definition) is 5. The van der Waals surface area contributed by atoms with Gasteiger partial charge in [0.25, 0.3) is 0 Å². The summed E-state index contributed by atoms with van der Waals surface area (Å²) in [5.74, 6) is -1.50. The van der Waals surface area contributed by atoms with Crippen LogP contribution in [0.25, 0.3) is 10.8 Å². The van der Waals surface area contributed by atoms with Crippen LogP contribution in [0.5, 0.6) is 0 Å². The number of hydrogen-bond donors (Lipinski definition) is 1. The Hall–Kier alpha value is -3.86. The molecule has 0 aromatic heterocycles. The van der Waals surface area contributed by atoms with Gasteiger partial charge in [0, 0.05) is 11.4 Å². The van der Waals surface area contributed by atoms with E-state index >= 15 is 0 Å². The molecule has 0 fully saturated rings. The van der Waals surface area contributed by atoms with Gasteiger partial charge in [0.15, 0.2) is 0 Å². The minimum atomic E-state index is -0.599. The van der Waals surface area contributed by atoms with Crippen LogP contribution in [0.2, 0.25) is 0 Å². The fourth-order valence-corrected chi connectivity index (χ4v) is 4.27. The molecule has 0 bridgehead atoms. The third-order valence-corrected chi connectivity index (χ3v) is 5.80. The van der Waals surface area contributed by atoms with Gasteiger partial charge >= 0.3 is 11.9 Å². The predicted molar refractivity (Wildman–Crippen MR) is 128 cm³/mol. The van der Waals surface area contributed by atoms with Crippen molar-refractivity contribution in [2.45, 2.75) is 33.3 Å². The molecule has 5 nitrogen and oxygen atoms in total. The largest absolute Gasteiger partial charge is 0.463 e. The molecule has 1 heterocycles. The van der Waals surface area contributed by atoms with E-state index in [4.69, 9.17) is 9.47 Å². The fraction of sp³-hybridized carbons (Fsp3) is 0.214. The fourth-order valence-electron chi connectivity index (χ4n) is 4.27. The molecule has 1 unspecified atom stereocenters. The van der Waals surface area contributed by atoms with Crippen molar-refractivity contribution in [2.75, 3.05) is 6.61 Å². The van der Waals surface area contributed by atoms with E-state index in [-0.39, 0.29) is 13.2 Å². The van der Waals surface area contributed by atoms with E-state index in [0.717, 1.165) is 21.9 Å². The summed E-state index contributed by atoms with van der Waals surface area (Å²) < 4.78 is 11.1. The van der Waals surface area contributed by atoms with Gasteiger partial charge in [0.2, 0.25) is 0 Å². The van der Waals surface area contributed by atoms with Crippen LogP contribution >= 0.6 is 0 Å². The third-order valence-electron chi connectivity index (χ3n) is 5.80.